The highest BCUT2D eigenvalue weighted by Gasteiger charge is 2.62. The van der Waals surface area contributed by atoms with Crippen LogP contribution in [0, 0.1) is 11.3 Å². The molecule has 5 rings (SSSR count). The van der Waals surface area contributed by atoms with E-state index in [4.69, 9.17) is 9.47 Å². The molecular weight excluding hydrogens is 638 g/mol. The highest BCUT2D eigenvalue weighted by molar-refractivity contribution is 7.91. The Kier molecular flexibility index (Phi) is 9.28. The van der Waals surface area contributed by atoms with Crippen LogP contribution in [-0.4, -0.2) is 83.2 Å². The van der Waals surface area contributed by atoms with Gasteiger partial charge in [-0.05, 0) is 57.6 Å². The van der Waals surface area contributed by atoms with Crippen LogP contribution in [0.25, 0.3) is 10.8 Å². The lowest BCUT2D eigenvalue weighted by Gasteiger charge is -2.35. The predicted molar refractivity (Wildman–Crippen MR) is 178 cm³/mol. The van der Waals surface area contributed by atoms with Crippen LogP contribution in [-0.2, 0) is 29.1 Å². The third kappa shape index (κ3) is 7.58. The first kappa shape index (κ1) is 35.1. The Bertz CT molecular complexity index is 1720. The summed E-state index contributed by atoms with van der Waals surface area (Å²) in [5.74, 6) is -2.31. The maximum absolute atomic E-state index is 14.3. The lowest BCUT2D eigenvalue weighted by Crippen LogP contribution is -2.58. The Morgan fingerprint density at radius 2 is 1.77 bits per heavy atom. The minimum atomic E-state index is -3.88. The molecule has 14 heteroatoms. The van der Waals surface area contributed by atoms with E-state index in [1.165, 1.54) is 11.0 Å². The molecule has 3 N–H and O–H groups in total. The van der Waals surface area contributed by atoms with Crippen molar-refractivity contribution in [3.8, 4) is 5.88 Å². The van der Waals surface area contributed by atoms with E-state index in [-0.39, 0.29) is 19.4 Å². The number of nitrogens with one attached hydrogen (secondary N) is 3. The van der Waals surface area contributed by atoms with Gasteiger partial charge < -0.3 is 25.0 Å². The summed E-state index contributed by atoms with van der Waals surface area (Å²) in [4.78, 5) is 60.4. The molecule has 48 heavy (non-hydrogen) atoms. The second-order valence-electron chi connectivity index (χ2n) is 15.0. The summed E-state index contributed by atoms with van der Waals surface area (Å²) < 4.78 is 39.4. The van der Waals surface area contributed by atoms with E-state index < -0.39 is 79.7 Å². The number of ether oxygens (including phenoxy) is 2. The Balaban J connectivity index is 1.43. The number of likely N-dealkylation sites (tertiary alicyclic amines) is 1. The van der Waals surface area contributed by atoms with Crippen molar-refractivity contribution >= 4 is 44.6 Å². The maximum atomic E-state index is 14.3. The van der Waals surface area contributed by atoms with E-state index in [1.807, 2.05) is 30.3 Å². The third-order valence-electron chi connectivity index (χ3n) is 8.73. The van der Waals surface area contributed by atoms with Gasteiger partial charge in [-0.2, -0.15) is 0 Å². The van der Waals surface area contributed by atoms with Crippen LogP contribution in [0.4, 0.5) is 4.79 Å². The molecule has 0 unspecified atom stereocenters. The molecule has 3 fully saturated rings. The maximum Gasteiger partial charge on any atom is 0.408 e. The molecule has 0 radical (unpaired) electrons. The van der Waals surface area contributed by atoms with Crippen molar-refractivity contribution < 1.29 is 37.1 Å². The number of pyridine rings is 1. The van der Waals surface area contributed by atoms with Crippen molar-refractivity contribution in [2.45, 2.75) is 102 Å². The SMILES string of the molecule is C=C[C@@H]1C[C@]1(NC(=O)[C@@H]1C[C@@H](Oc2nccc3ccccc23)CN1C(=O)[C@@H](OC(=O)NC(C)(C)C)C(C)(C)C)C(=O)NS(=O)(=O)C1CC1. The van der Waals surface area contributed by atoms with Gasteiger partial charge >= 0.3 is 6.09 Å². The lowest BCUT2D eigenvalue weighted by molar-refractivity contribution is -0.150. The molecule has 13 nitrogen and oxygen atoms in total. The van der Waals surface area contributed by atoms with E-state index in [1.54, 1.807) is 47.7 Å². The van der Waals surface area contributed by atoms with Gasteiger partial charge in [-0.25, -0.2) is 18.2 Å². The van der Waals surface area contributed by atoms with E-state index in [2.05, 4.69) is 26.9 Å². The summed E-state index contributed by atoms with van der Waals surface area (Å²) >= 11 is 0. The molecule has 5 atom stereocenters. The van der Waals surface area contributed by atoms with Crippen molar-refractivity contribution in [2.75, 3.05) is 6.54 Å². The van der Waals surface area contributed by atoms with Gasteiger partial charge in [0.15, 0.2) is 6.10 Å². The number of hydrogen-bond acceptors (Lipinski definition) is 9. The minimum absolute atomic E-state index is 0.0321. The number of aromatic nitrogens is 1. The number of carbonyl (C=O) groups is 4. The third-order valence-corrected chi connectivity index (χ3v) is 10.5. The topological polar surface area (TPSA) is 173 Å². The van der Waals surface area contributed by atoms with Crippen molar-refractivity contribution in [3.05, 3.63) is 49.2 Å². The highest BCUT2D eigenvalue weighted by atomic mass is 32.2. The number of sulfonamides is 1. The van der Waals surface area contributed by atoms with Crippen LogP contribution >= 0.6 is 0 Å². The van der Waals surface area contributed by atoms with Gasteiger partial charge in [0.2, 0.25) is 21.8 Å². The average molecular weight is 684 g/mol. The highest BCUT2D eigenvalue weighted by Crippen LogP contribution is 2.45. The number of carbonyl (C=O) groups excluding carboxylic acids is 4. The van der Waals surface area contributed by atoms with Crippen LogP contribution in [0.2, 0.25) is 0 Å². The van der Waals surface area contributed by atoms with Gasteiger partial charge in [0.1, 0.15) is 17.7 Å². The van der Waals surface area contributed by atoms with Crippen LogP contribution in [0.5, 0.6) is 5.88 Å². The molecule has 2 aliphatic carbocycles. The first-order valence-electron chi connectivity index (χ1n) is 16.1. The molecule has 2 aromatic rings. The molecule has 260 valence electrons. The van der Waals surface area contributed by atoms with Crippen molar-refractivity contribution in [2.24, 2.45) is 11.3 Å². The molecule has 1 aromatic carbocycles. The standard InChI is InChI=1S/C34H45N5O8S/c1-8-21-18-34(21,30(42)38-48(44,45)23-13-14-23)36-27(40)25-17-22(46-28-24-12-10-9-11-20(24)15-16-35-28)19-39(25)29(41)26(32(2,3)4)47-31(43)37-33(5,6)7/h8-12,15-16,21-23,25-26H,1,13-14,17-19H2,2-7H3,(H,36,40)(H,37,43)(H,38,42)/t21-,22-,25+,26-,34-/m1/s1. The number of alkyl carbamates (subject to hydrolysis) is 1. The molecule has 1 aromatic heterocycles. The van der Waals surface area contributed by atoms with Crippen LogP contribution in [0.1, 0.15) is 67.2 Å². The predicted octanol–water partition coefficient (Wildman–Crippen LogP) is 3.19. The van der Waals surface area contributed by atoms with Crippen LogP contribution in [0.15, 0.2) is 49.2 Å². The summed E-state index contributed by atoms with van der Waals surface area (Å²) in [7, 11) is -3.88. The molecule has 2 saturated carbocycles. The summed E-state index contributed by atoms with van der Waals surface area (Å²) in [6.45, 7) is 14.3. The first-order chi connectivity index (χ1) is 22.3. The fourth-order valence-corrected chi connectivity index (χ4v) is 7.29. The van der Waals surface area contributed by atoms with Gasteiger partial charge in [-0.15, -0.1) is 6.58 Å². The molecule has 1 aliphatic heterocycles. The number of rotatable bonds is 10. The lowest BCUT2D eigenvalue weighted by atomic mass is 9.88. The molecule has 2 heterocycles. The monoisotopic (exact) mass is 683 g/mol. The molecule has 1 saturated heterocycles. The number of nitrogens with zero attached hydrogens (tertiary/aromatic N) is 2. The zero-order valence-corrected chi connectivity index (χ0v) is 29.1. The molecular formula is C34H45N5O8S. The van der Waals surface area contributed by atoms with E-state index in [0.717, 1.165) is 10.8 Å². The fraction of sp³-hybridized carbons (Fsp3) is 0.559. The van der Waals surface area contributed by atoms with Gasteiger partial charge in [0.05, 0.1) is 11.8 Å². The molecule has 0 bridgehead atoms. The Hall–Kier alpha value is -4.20. The van der Waals surface area contributed by atoms with E-state index >= 15 is 0 Å². The number of amides is 4. The molecule has 3 aliphatic rings. The van der Waals surface area contributed by atoms with Crippen molar-refractivity contribution in [1.29, 1.82) is 0 Å². The zero-order chi connectivity index (χ0) is 35.2. The summed E-state index contributed by atoms with van der Waals surface area (Å²) in [5, 5.41) is 6.48. The fourth-order valence-electron chi connectivity index (χ4n) is 5.93. The van der Waals surface area contributed by atoms with Crippen LogP contribution in [0.3, 0.4) is 0 Å². The van der Waals surface area contributed by atoms with Gasteiger partial charge in [-0.1, -0.05) is 45.0 Å². The van der Waals surface area contributed by atoms with Crippen molar-refractivity contribution in [3.63, 3.8) is 0 Å². The van der Waals surface area contributed by atoms with E-state index in [0.29, 0.717) is 18.7 Å². The van der Waals surface area contributed by atoms with Gasteiger partial charge in [-0.3, -0.25) is 19.1 Å². The smallest absolute Gasteiger partial charge is 0.408 e. The molecule has 0 spiro atoms. The Morgan fingerprint density at radius 3 is 2.38 bits per heavy atom. The molecule has 4 amide bonds. The Morgan fingerprint density at radius 1 is 1.08 bits per heavy atom. The van der Waals surface area contributed by atoms with Gasteiger partial charge in [0.25, 0.3) is 11.8 Å². The number of hydrogen-bond donors (Lipinski definition) is 3. The number of benzene rings is 1. The van der Waals surface area contributed by atoms with E-state index in [9.17, 15) is 27.6 Å². The average Bonchev–Trinajstić information content (AvgIpc) is 3.91. The van der Waals surface area contributed by atoms with Gasteiger partial charge in [0, 0.05) is 34.9 Å². The number of fused-ring (bicyclic) bond motifs is 1. The first-order valence-corrected chi connectivity index (χ1v) is 17.7. The zero-order valence-electron chi connectivity index (χ0n) is 28.2. The largest absolute Gasteiger partial charge is 0.472 e. The van der Waals surface area contributed by atoms with Crippen LogP contribution < -0.4 is 20.1 Å². The second kappa shape index (κ2) is 12.7. The Labute approximate surface area is 281 Å². The quantitative estimate of drug-likeness (QED) is 0.318. The van der Waals surface area contributed by atoms with Crippen molar-refractivity contribution in [1.82, 2.24) is 25.2 Å². The minimum Gasteiger partial charge on any atom is -0.472 e. The summed E-state index contributed by atoms with van der Waals surface area (Å²) in [6, 6.07) is 8.21. The normalized spacial score (nSPS) is 24.7. The summed E-state index contributed by atoms with van der Waals surface area (Å²) in [5.41, 5.74) is -3.04. The summed E-state index contributed by atoms with van der Waals surface area (Å²) in [6.07, 6.45) is 1.44. The second-order valence-corrected chi connectivity index (χ2v) is 17.0.